The predicted molar refractivity (Wildman–Crippen MR) is 80.9 cm³/mol. The summed E-state index contributed by atoms with van der Waals surface area (Å²) in [5.41, 5.74) is 1.68. The molecule has 0 bridgehead atoms. The van der Waals surface area contributed by atoms with Crippen molar-refractivity contribution in [1.82, 2.24) is 10.2 Å². The molecule has 4 rings (SSSR count). The molecule has 2 aliphatic heterocycles. The Balaban J connectivity index is 1.62. The zero-order chi connectivity index (χ0) is 14.4. The van der Waals surface area contributed by atoms with Gasteiger partial charge in [0.1, 0.15) is 5.75 Å². The zero-order valence-corrected chi connectivity index (χ0v) is 12.7. The summed E-state index contributed by atoms with van der Waals surface area (Å²) < 4.78 is 5.90. The van der Waals surface area contributed by atoms with Crippen LogP contribution in [-0.4, -0.2) is 37.0 Å². The van der Waals surface area contributed by atoms with Gasteiger partial charge in [-0.25, -0.2) is 0 Å². The van der Waals surface area contributed by atoms with E-state index in [1.165, 1.54) is 19.3 Å². The van der Waals surface area contributed by atoms with E-state index < -0.39 is 0 Å². The quantitative estimate of drug-likeness (QED) is 0.933. The van der Waals surface area contributed by atoms with Gasteiger partial charge in [0, 0.05) is 19.6 Å². The molecule has 0 radical (unpaired) electrons. The number of carbonyl (C=O) groups excluding carboxylic acids is 1. The summed E-state index contributed by atoms with van der Waals surface area (Å²) in [6, 6.07) is 3.91. The largest absolute Gasteiger partial charge is 0.493 e. The molecule has 1 atom stereocenters. The minimum atomic E-state index is 0.0621. The standard InChI is InChI=1S/C16H19ClN2O2/c17-13-7-11(21-9-10-2-1-3-10)6-12-14-8-18-4-5-19(14)16(20)15(12)13/h6-7,10,14,18H,1-5,8-9H2. The summed E-state index contributed by atoms with van der Waals surface area (Å²) in [5.74, 6) is 1.55. The molecule has 2 heterocycles. The molecular weight excluding hydrogens is 288 g/mol. The lowest BCUT2D eigenvalue weighted by molar-refractivity contribution is 0.0691. The predicted octanol–water partition coefficient (Wildman–Crippen LogP) is 2.62. The van der Waals surface area contributed by atoms with Gasteiger partial charge in [0.05, 0.1) is 23.2 Å². The van der Waals surface area contributed by atoms with E-state index in [9.17, 15) is 4.79 Å². The summed E-state index contributed by atoms with van der Waals surface area (Å²) in [6.07, 6.45) is 3.84. The summed E-state index contributed by atoms with van der Waals surface area (Å²) in [5, 5.41) is 3.87. The van der Waals surface area contributed by atoms with Crippen LogP contribution in [0.15, 0.2) is 12.1 Å². The van der Waals surface area contributed by atoms with Crippen LogP contribution in [0.3, 0.4) is 0 Å². The fraction of sp³-hybridized carbons (Fsp3) is 0.562. The Hall–Kier alpha value is -1.26. The van der Waals surface area contributed by atoms with Crippen LogP contribution in [0, 0.1) is 5.92 Å². The van der Waals surface area contributed by atoms with Gasteiger partial charge in [0.2, 0.25) is 0 Å². The zero-order valence-electron chi connectivity index (χ0n) is 11.9. The molecule has 2 fully saturated rings. The Morgan fingerprint density at radius 2 is 2.24 bits per heavy atom. The van der Waals surface area contributed by atoms with Gasteiger partial charge in [0.15, 0.2) is 0 Å². The molecule has 21 heavy (non-hydrogen) atoms. The number of hydrogen-bond acceptors (Lipinski definition) is 3. The Bertz CT molecular complexity index is 586. The second-order valence-electron chi connectivity index (χ2n) is 6.20. The maximum Gasteiger partial charge on any atom is 0.256 e. The van der Waals surface area contributed by atoms with Gasteiger partial charge in [-0.1, -0.05) is 18.0 Å². The lowest BCUT2D eigenvalue weighted by Crippen LogP contribution is -2.44. The number of nitrogens with zero attached hydrogens (tertiary/aromatic N) is 1. The highest BCUT2D eigenvalue weighted by Crippen LogP contribution is 2.40. The Kier molecular flexibility index (Phi) is 3.31. The third-order valence-corrected chi connectivity index (χ3v) is 5.18. The van der Waals surface area contributed by atoms with Crippen molar-refractivity contribution in [2.75, 3.05) is 26.2 Å². The molecule has 1 aromatic rings. The van der Waals surface area contributed by atoms with Crippen LogP contribution < -0.4 is 10.1 Å². The van der Waals surface area contributed by atoms with Crippen molar-refractivity contribution in [2.45, 2.75) is 25.3 Å². The van der Waals surface area contributed by atoms with Crippen molar-refractivity contribution in [2.24, 2.45) is 5.92 Å². The fourth-order valence-corrected chi connectivity index (χ4v) is 3.71. The second kappa shape index (κ2) is 5.18. The smallest absolute Gasteiger partial charge is 0.256 e. The van der Waals surface area contributed by atoms with Crippen LogP contribution in [0.5, 0.6) is 5.75 Å². The van der Waals surface area contributed by atoms with E-state index >= 15 is 0 Å². The summed E-state index contributed by atoms with van der Waals surface area (Å²) in [7, 11) is 0. The number of benzene rings is 1. The van der Waals surface area contributed by atoms with Crippen LogP contribution in [0.25, 0.3) is 0 Å². The van der Waals surface area contributed by atoms with Crippen LogP contribution in [-0.2, 0) is 0 Å². The van der Waals surface area contributed by atoms with E-state index in [0.717, 1.165) is 37.6 Å². The molecule has 0 aromatic heterocycles. The molecule has 1 amide bonds. The Morgan fingerprint density at radius 1 is 1.38 bits per heavy atom. The minimum absolute atomic E-state index is 0.0621. The van der Waals surface area contributed by atoms with Crippen LogP contribution >= 0.6 is 11.6 Å². The maximum absolute atomic E-state index is 12.5. The number of nitrogens with one attached hydrogen (secondary N) is 1. The summed E-state index contributed by atoms with van der Waals surface area (Å²) >= 11 is 6.35. The van der Waals surface area contributed by atoms with Crippen molar-refractivity contribution in [1.29, 1.82) is 0 Å². The molecular formula is C16H19ClN2O2. The van der Waals surface area contributed by atoms with Gasteiger partial charge < -0.3 is 15.0 Å². The first kappa shape index (κ1) is 13.4. The average molecular weight is 307 g/mol. The molecule has 1 saturated carbocycles. The van der Waals surface area contributed by atoms with Gasteiger partial charge in [-0.05, 0) is 36.5 Å². The van der Waals surface area contributed by atoms with Gasteiger partial charge in [-0.2, -0.15) is 0 Å². The molecule has 5 heteroatoms. The molecule has 1 saturated heterocycles. The van der Waals surface area contributed by atoms with Crippen molar-refractivity contribution >= 4 is 17.5 Å². The Labute approximate surface area is 129 Å². The molecule has 1 N–H and O–H groups in total. The number of ether oxygens (including phenoxy) is 1. The first-order chi connectivity index (χ1) is 10.2. The molecule has 1 unspecified atom stereocenters. The molecule has 4 nitrogen and oxygen atoms in total. The lowest BCUT2D eigenvalue weighted by Gasteiger charge is -2.30. The lowest BCUT2D eigenvalue weighted by atomic mass is 9.86. The minimum Gasteiger partial charge on any atom is -0.493 e. The van der Waals surface area contributed by atoms with Crippen LogP contribution in [0.2, 0.25) is 5.02 Å². The van der Waals surface area contributed by atoms with E-state index in [2.05, 4.69) is 5.32 Å². The number of rotatable bonds is 3. The van der Waals surface area contributed by atoms with E-state index in [1.54, 1.807) is 6.07 Å². The molecule has 1 aliphatic carbocycles. The topological polar surface area (TPSA) is 41.6 Å². The van der Waals surface area contributed by atoms with E-state index in [0.29, 0.717) is 16.5 Å². The first-order valence-corrected chi connectivity index (χ1v) is 8.10. The third-order valence-electron chi connectivity index (χ3n) is 4.88. The molecule has 112 valence electrons. The van der Waals surface area contributed by atoms with E-state index in [4.69, 9.17) is 16.3 Å². The van der Waals surface area contributed by atoms with Crippen molar-refractivity contribution in [3.05, 3.63) is 28.3 Å². The number of amides is 1. The monoisotopic (exact) mass is 306 g/mol. The highest BCUT2D eigenvalue weighted by molar-refractivity contribution is 6.34. The molecule has 1 aromatic carbocycles. The third kappa shape index (κ3) is 2.21. The summed E-state index contributed by atoms with van der Waals surface area (Å²) in [4.78, 5) is 14.4. The van der Waals surface area contributed by atoms with Crippen LogP contribution in [0.4, 0.5) is 0 Å². The van der Waals surface area contributed by atoms with Crippen molar-refractivity contribution in [3.8, 4) is 5.75 Å². The van der Waals surface area contributed by atoms with Gasteiger partial charge in [0.25, 0.3) is 5.91 Å². The van der Waals surface area contributed by atoms with Gasteiger partial charge >= 0.3 is 0 Å². The average Bonchev–Trinajstić information content (AvgIpc) is 2.72. The first-order valence-electron chi connectivity index (χ1n) is 7.72. The normalized spacial score (nSPS) is 24.5. The Morgan fingerprint density at radius 3 is 3.00 bits per heavy atom. The fourth-order valence-electron chi connectivity index (χ4n) is 3.42. The highest BCUT2D eigenvalue weighted by atomic mass is 35.5. The number of carbonyl (C=O) groups is 1. The highest BCUT2D eigenvalue weighted by Gasteiger charge is 2.40. The maximum atomic E-state index is 12.5. The van der Waals surface area contributed by atoms with Crippen molar-refractivity contribution in [3.63, 3.8) is 0 Å². The van der Waals surface area contributed by atoms with Gasteiger partial charge in [-0.3, -0.25) is 4.79 Å². The van der Waals surface area contributed by atoms with E-state index in [-0.39, 0.29) is 11.9 Å². The number of hydrogen-bond donors (Lipinski definition) is 1. The van der Waals surface area contributed by atoms with Gasteiger partial charge in [-0.15, -0.1) is 0 Å². The molecule has 0 spiro atoms. The summed E-state index contributed by atoms with van der Waals surface area (Å²) in [6.45, 7) is 3.14. The number of piperazine rings is 1. The number of fused-ring (bicyclic) bond motifs is 3. The van der Waals surface area contributed by atoms with Crippen LogP contribution in [0.1, 0.15) is 41.2 Å². The second-order valence-corrected chi connectivity index (χ2v) is 6.60. The molecule has 3 aliphatic rings. The SMILES string of the molecule is O=C1c2c(Cl)cc(OCC3CCC3)cc2C2CNCCN12. The number of halogens is 1. The van der Waals surface area contributed by atoms with E-state index in [1.807, 2.05) is 11.0 Å². The van der Waals surface area contributed by atoms with Crippen molar-refractivity contribution < 1.29 is 9.53 Å².